The van der Waals surface area contributed by atoms with E-state index in [1.807, 2.05) is 36.9 Å². The minimum absolute atomic E-state index is 0.707. The van der Waals surface area contributed by atoms with Crippen LogP contribution in [0.3, 0.4) is 0 Å². The molecule has 184 valence electrons. The smallest absolute Gasteiger partial charge is 0.138 e. The first kappa shape index (κ1) is 23.8. The number of ether oxygens (including phenoxy) is 1. The van der Waals surface area contributed by atoms with E-state index in [-0.39, 0.29) is 0 Å². The van der Waals surface area contributed by atoms with Crippen LogP contribution in [0.2, 0.25) is 0 Å². The number of H-pyrrole nitrogens is 2. The number of nitrogens with zero attached hydrogens (tertiary/aromatic N) is 4. The molecule has 0 aliphatic carbocycles. The van der Waals surface area contributed by atoms with E-state index in [0.717, 1.165) is 65.3 Å². The number of nitrogens with one attached hydrogen (secondary N) is 2. The molecule has 0 aliphatic rings. The van der Waals surface area contributed by atoms with Crippen LogP contribution in [0.15, 0.2) is 67.3 Å². The summed E-state index contributed by atoms with van der Waals surface area (Å²) in [6.07, 6.45) is 10.2. The van der Waals surface area contributed by atoms with Crippen molar-refractivity contribution in [3.8, 4) is 28.1 Å². The summed E-state index contributed by atoms with van der Waals surface area (Å²) < 4.78 is 5.95. The molecule has 0 atom stereocenters. The Balaban J connectivity index is 1.49. The van der Waals surface area contributed by atoms with E-state index < -0.39 is 0 Å². The van der Waals surface area contributed by atoms with Gasteiger partial charge in [0.15, 0.2) is 0 Å². The highest BCUT2D eigenvalue weighted by Crippen LogP contribution is 2.36. The average Bonchev–Trinajstić information content (AvgIpc) is 3.55. The van der Waals surface area contributed by atoms with Gasteiger partial charge in [-0.15, -0.1) is 0 Å². The zero-order valence-corrected chi connectivity index (χ0v) is 21.1. The number of hydrogen-bond acceptors (Lipinski definition) is 5. The van der Waals surface area contributed by atoms with Crippen LogP contribution in [0.5, 0.6) is 5.75 Å². The normalized spacial score (nSPS) is 11.4. The third-order valence-corrected chi connectivity index (χ3v) is 6.51. The van der Waals surface area contributed by atoms with Gasteiger partial charge in [-0.25, -0.2) is 4.98 Å². The van der Waals surface area contributed by atoms with Crippen molar-refractivity contribution in [2.24, 2.45) is 0 Å². The van der Waals surface area contributed by atoms with Crippen LogP contribution in [0.4, 0.5) is 0 Å². The Hall–Kier alpha value is -3.97. The lowest BCUT2D eigenvalue weighted by atomic mass is 9.96. The van der Waals surface area contributed by atoms with E-state index in [0.29, 0.717) is 6.61 Å². The van der Waals surface area contributed by atoms with Gasteiger partial charge in [0.05, 0.1) is 18.5 Å². The Labute approximate surface area is 211 Å². The molecule has 0 amide bonds. The number of aryl methyl sites for hydroxylation is 3. The number of fused-ring (bicyclic) bond motifs is 1. The number of benzene rings is 1. The maximum Gasteiger partial charge on any atom is 0.138 e. The zero-order chi connectivity index (χ0) is 24.9. The topological polar surface area (TPSA) is 82.7 Å². The second-order valence-corrected chi connectivity index (χ2v) is 9.34. The van der Waals surface area contributed by atoms with Crippen molar-refractivity contribution in [1.82, 2.24) is 30.0 Å². The molecule has 2 N–H and O–H groups in total. The lowest BCUT2D eigenvalue weighted by Crippen LogP contribution is -2.15. The molecule has 1 aromatic carbocycles. The van der Waals surface area contributed by atoms with Crippen molar-refractivity contribution in [3.05, 3.63) is 84.1 Å². The van der Waals surface area contributed by atoms with Gasteiger partial charge in [-0.2, -0.15) is 5.10 Å². The molecule has 0 spiro atoms. The third kappa shape index (κ3) is 5.16. The lowest BCUT2D eigenvalue weighted by molar-refractivity contribution is 0.281. The molecule has 0 saturated heterocycles. The van der Waals surface area contributed by atoms with E-state index in [1.165, 1.54) is 16.5 Å². The Kier molecular flexibility index (Phi) is 7.09. The molecule has 36 heavy (non-hydrogen) atoms. The van der Waals surface area contributed by atoms with Crippen LogP contribution in [0, 0.1) is 6.92 Å². The summed E-state index contributed by atoms with van der Waals surface area (Å²) in [4.78, 5) is 15.1. The average molecular weight is 481 g/mol. The molecular weight excluding hydrogens is 448 g/mol. The molecule has 0 aliphatic heterocycles. The summed E-state index contributed by atoms with van der Waals surface area (Å²) in [7, 11) is 4.16. The summed E-state index contributed by atoms with van der Waals surface area (Å²) in [6.45, 7) is 3.89. The fraction of sp³-hybridized carbons (Fsp3) is 0.276. The van der Waals surface area contributed by atoms with Gasteiger partial charge >= 0.3 is 0 Å². The molecule has 5 rings (SSSR count). The number of aromatic nitrogens is 5. The van der Waals surface area contributed by atoms with E-state index >= 15 is 0 Å². The van der Waals surface area contributed by atoms with Gasteiger partial charge in [0.1, 0.15) is 11.4 Å². The van der Waals surface area contributed by atoms with E-state index in [9.17, 15) is 0 Å². The molecule has 4 aromatic heterocycles. The maximum absolute atomic E-state index is 5.95. The van der Waals surface area contributed by atoms with E-state index in [1.54, 1.807) is 0 Å². The van der Waals surface area contributed by atoms with Crippen LogP contribution in [0.1, 0.15) is 23.2 Å². The summed E-state index contributed by atoms with van der Waals surface area (Å²) in [5.41, 5.74) is 8.77. The van der Waals surface area contributed by atoms with Gasteiger partial charge in [0.25, 0.3) is 0 Å². The molecule has 0 unspecified atom stereocenters. The molecule has 0 fully saturated rings. The Morgan fingerprint density at radius 2 is 1.81 bits per heavy atom. The van der Waals surface area contributed by atoms with Crippen molar-refractivity contribution < 1.29 is 4.74 Å². The lowest BCUT2D eigenvalue weighted by Gasteiger charge is -2.11. The minimum Gasteiger partial charge on any atom is -0.494 e. The van der Waals surface area contributed by atoms with Gasteiger partial charge in [-0.3, -0.25) is 10.1 Å². The standard InChI is InChI=1S/C29H32N6O/c1-20-26(22-17-32-33-18-22)19-31-29-27(20)25(13-10-23-7-4-5-14-30-23)28(34-29)21-8-11-24(12-9-21)36-16-6-15-35(2)3/h4-5,7-9,11-12,14,17-19H,6,10,13,15-16H2,1-3H3,(H,31,34)(H,32,33). The maximum atomic E-state index is 5.95. The molecule has 7 nitrogen and oxygen atoms in total. The van der Waals surface area contributed by atoms with Crippen molar-refractivity contribution in [3.63, 3.8) is 0 Å². The largest absolute Gasteiger partial charge is 0.494 e. The fourth-order valence-corrected chi connectivity index (χ4v) is 4.66. The minimum atomic E-state index is 0.707. The second-order valence-electron chi connectivity index (χ2n) is 9.34. The van der Waals surface area contributed by atoms with Crippen LogP contribution in [0.25, 0.3) is 33.4 Å². The van der Waals surface area contributed by atoms with Crippen molar-refractivity contribution in [1.29, 1.82) is 0 Å². The fourth-order valence-electron chi connectivity index (χ4n) is 4.66. The summed E-state index contributed by atoms with van der Waals surface area (Å²) >= 11 is 0. The third-order valence-electron chi connectivity index (χ3n) is 6.51. The van der Waals surface area contributed by atoms with Crippen molar-refractivity contribution in [2.45, 2.75) is 26.2 Å². The van der Waals surface area contributed by atoms with E-state index in [2.05, 4.69) is 76.4 Å². The molecule has 4 heterocycles. The number of pyridine rings is 2. The molecule has 7 heteroatoms. The van der Waals surface area contributed by atoms with Crippen molar-refractivity contribution >= 4 is 11.0 Å². The van der Waals surface area contributed by atoms with E-state index in [4.69, 9.17) is 9.72 Å². The van der Waals surface area contributed by atoms with Crippen LogP contribution in [-0.4, -0.2) is 57.3 Å². The molecule has 0 bridgehead atoms. The quantitative estimate of drug-likeness (QED) is 0.260. The highest BCUT2D eigenvalue weighted by Gasteiger charge is 2.19. The zero-order valence-electron chi connectivity index (χ0n) is 21.1. The summed E-state index contributed by atoms with van der Waals surface area (Å²) in [5, 5.41) is 8.22. The van der Waals surface area contributed by atoms with Gasteiger partial charge in [-0.1, -0.05) is 6.07 Å². The highest BCUT2D eigenvalue weighted by molar-refractivity contribution is 5.94. The Bertz CT molecular complexity index is 1410. The first-order valence-electron chi connectivity index (χ1n) is 12.4. The van der Waals surface area contributed by atoms with Gasteiger partial charge in [-0.05, 0) is 93.4 Å². The second kappa shape index (κ2) is 10.7. The number of aromatic amines is 2. The summed E-state index contributed by atoms with van der Waals surface area (Å²) in [6, 6.07) is 14.4. The van der Waals surface area contributed by atoms with Gasteiger partial charge in [0, 0.05) is 47.3 Å². The first-order valence-corrected chi connectivity index (χ1v) is 12.4. The Morgan fingerprint density at radius 3 is 2.53 bits per heavy atom. The predicted octanol–water partition coefficient (Wildman–Crippen LogP) is 5.44. The summed E-state index contributed by atoms with van der Waals surface area (Å²) in [5.74, 6) is 0.889. The van der Waals surface area contributed by atoms with Crippen LogP contribution in [-0.2, 0) is 12.8 Å². The monoisotopic (exact) mass is 480 g/mol. The number of hydrogen-bond donors (Lipinski definition) is 2. The van der Waals surface area contributed by atoms with Crippen molar-refractivity contribution in [2.75, 3.05) is 27.2 Å². The van der Waals surface area contributed by atoms with Gasteiger partial charge < -0.3 is 14.6 Å². The molecule has 5 aromatic rings. The molecule has 0 radical (unpaired) electrons. The van der Waals surface area contributed by atoms with Crippen LogP contribution < -0.4 is 4.74 Å². The van der Waals surface area contributed by atoms with Crippen LogP contribution >= 0.6 is 0 Å². The molecule has 0 saturated carbocycles. The molecular formula is C29H32N6O. The first-order chi connectivity index (χ1) is 17.6. The number of rotatable bonds is 10. The SMILES string of the molecule is Cc1c(-c2cn[nH]c2)cnc2[nH]c(-c3ccc(OCCCN(C)C)cc3)c(CCc3ccccn3)c12. The van der Waals surface area contributed by atoms with Gasteiger partial charge in [0.2, 0.25) is 0 Å². The Morgan fingerprint density at radius 1 is 0.944 bits per heavy atom. The predicted molar refractivity (Wildman–Crippen MR) is 144 cm³/mol. The highest BCUT2D eigenvalue weighted by atomic mass is 16.5.